The Morgan fingerprint density at radius 1 is 1.30 bits per heavy atom. The van der Waals surface area contributed by atoms with E-state index < -0.39 is 27.4 Å². The molecular formula is C19H21N3O7S. The number of ether oxygens (including phenoxy) is 2. The highest BCUT2D eigenvalue weighted by molar-refractivity contribution is 7.92. The van der Waals surface area contributed by atoms with Crippen LogP contribution in [0, 0.1) is 10.1 Å². The number of carbonyl (C=O) groups is 1. The van der Waals surface area contributed by atoms with Crippen LogP contribution in [0.15, 0.2) is 55.1 Å². The summed E-state index contributed by atoms with van der Waals surface area (Å²) in [5, 5.41) is 13.7. The second kappa shape index (κ2) is 9.74. The van der Waals surface area contributed by atoms with Gasteiger partial charge in [-0.1, -0.05) is 18.7 Å². The molecule has 2 aromatic rings. The Hall–Kier alpha value is -3.60. The molecule has 0 saturated heterocycles. The van der Waals surface area contributed by atoms with Crippen LogP contribution in [0.5, 0.6) is 11.5 Å². The summed E-state index contributed by atoms with van der Waals surface area (Å²) in [4.78, 5) is 23.0. The number of hydrogen-bond acceptors (Lipinski definition) is 7. The maximum absolute atomic E-state index is 12.5. The van der Waals surface area contributed by atoms with Crippen molar-refractivity contribution in [2.24, 2.45) is 0 Å². The average molecular weight is 435 g/mol. The molecular weight excluding hydrogens is 414 g/mol. The molecule has 11 heteroatoms. The van der Waals surface area contributed by atoms with Crippen LogP contribution in [0.2, 0.25) is 0 Å². The number of nitrogens with one attached hydrogen (secondary N) is 1. The Labute approximate surface area is 173 Å². The first kappa shape index (κ1) is 22.7. The van der Waals surface area contributed by atoms with Gasteiger partial charge in [0.2, 0.25) is 15.9 Å². The van der Waals surface area contributed by atoms with Crippen molar-refractivity contribution in [2.45, 2.75) is 0 Å². The monoisotopic (exact) mass is 435 g/mol. The van der Waals surface area contributed by atoms with Crippen LogP contribution in [0.4, 0.5) is 17.1 Å². The minimum absolute atomic E-state index is 0.0682. The molecule has 10 nitrogen and oxygen atoms in total. The van der Waals surface area contributed by atoms with Crippen LogP contribution in [0.1, 0.15) is 0 Å². The number of non-ortho nitro benzene ring substituents is 1. The second-order valence-electron chi connectivity index (χ2n) is 6.06. The number of carbonyl (C=O) groups excluding carboxylic acids is 1. The molecule has 0 aliphatic carbocycles. The van der Waals surface area contributed by atoms with E-state index >= 15 is 0 Å². The highest BCUT2D eigenvalue weighted by atomic mass is 32.2. The summed E-state index contributed by atoms with van der Waals surface area (Å²) < 4.78 is 35.9. The molecule has 0 unspecified atom stereocenters. The summed E-state index contributed by atoms with van der Waals surface area (Å²) in [5.41, 5.74) is -0.0691. The van der Waals surface area contributed by atoms with Crippen LogP contribution < -0.4 is 19.1 Å². The molecule has 0 aromatic heterocycles. The summed E-state index contributed by atoms with van der Waals surface area (Å²) >= 11 is 0. The number of hydrogen-bond donors (Lipinski definition) is 1. The van der Waals surface area contributed by atoms with Crippen molar-refractivity contribution in [1.29, 1.82) is 0 Å². The van der Waals surface area contributed by atoms with Crippen LogP contribution in [-0.2, 0) is 14.8 Å². The van der Waals surface area contributed by atoms with Crippen molar-refractivity contribution in [1.82, 2.24) is 0 Å². The molecule has 0 spiro atoms. The maximum atomic E-state index is 12.5. The fraction of sp³-hybridized carbons (Fsp3) is 0.211. The molecule has 0 fully saturated rings. The van der Waals surface area contributed by atoms with Crippen molar-refractivity contribution < 1.29 is 27.6 Å². The zero-order chi connectivity index (χ0) is 22.3. The molecule has 2 aromatic carbocycles. The Morgan fingerprint density at radius 2 is 2.03 bits per heavy atom. The molecule has 0 aliphatic heterocycles. The van der Waals surface area contributed by atoms with Gasteiger partial charge in [0.25, 0.3) is 5.69 Å². The fourth-order valence-electron chi connectivity index (χ4n) is 2.52. The topological polar surface area (TPSA) is 128 Å². The lowest BCUT2D eigenvalue weighted by Crippen LogP contribution is -2.37. The first-order valence-corrected chi connectivity index (χ1v) is 10.4. The van der Waals surface area contributed by atoms with Gasteiger partial charge in [-0.3, -0.25) is 19.2 Å². The molecule has 1 N–H and O–H groups in total. The number of nitro benzene ring substituents is 1. The summed E-state index contributed by atoms with van der Waals surface area (Å²) in [6, 6.07) is 10.0. The van der Waals surface area contributed by atoms with Gasteiger partial charge in [-0.15, -0.1) is 0 Å². The fourth-order valence-corrected chi connectivity index (χ4v) is 3.37. The first-order valence-electron chi connectivity index (χ1n) is 8.59. The molecule has 0 radical (unpaired) electrons. The SMILES string of the molecule is C=CCOc1cccc(NC(=O)CN(c2cc([N+](=O)[O-])ccc2OC)S(C)(=O)=O)c1. The Bertz CT molecular complexity index is 1050. The smallest absolute Gasteiger partial charge is 0.271 e. The average Bonchev–Trinajstić information content (AvgIpc) is 2.69. The summed E-state index contributed by atoms with van der Waals surface area (Å²) in [7, 11) is -2.67. The minimum Gasteiger partial charge on any atom is -0.495 e. The van der Waals surface area contributed by atoms with Gasteiger partial charge >= 0.3 is 0 Å². The lowest BCUT2D eigenvalue weighted by atomic mass is 10.2. The van der Waals surface area contributed by atoms with Crippen LogP contribution >= 0.6 is 0 Å². The number of rotatable bonds is 10. The predicted molar refractivity (Wildman–Crippen MR) is 113 cm³/mol. The van der Waals surface area contributed by atoms with Gasteiger partial charge in [-0.25, -0.2) is 8.42 Å². The van der Waals surface area contributed by atoms with Gasteiger partial charge in [-0.2, -0.15) is 0 Å². The van der Waals surface area contributed by atoms with Crippen molar-refractivity contribution in [3.05, 3.63) is 65.2 Å². The van der Waals surface area contributed by atoms with Gasteiger partial charge in [0.05, 0.1) is 18.3 Å². The van der Waals surface area contributed by atoms with E-state index in [1.54, 1.807) is 30.3 Å². The summed E-state index contributed by atoms with van der Waals surface area (Å²) in [5.74, 6) is -0.0958. The van der Waals surface area contributed by atoms with Crippen molar-refractivity contribution in [3.8, 4) is 11.5 Å². The lowest BCUT2D eigenvalue weighted by Gasteiger charge is -2.23. The van der Waals surface area contributed by atoms with Crippen LogP contribution in [0.25, 0.3) is 0 Å². The van der Waals surface area contributed by atoms with Crippen LogP contribution in [0.3, 0.4) is 0 Å². The number of amides is 1. The van der Waals surface area contributed by atoms with E-state index in [1.165, 1.54) is 19.2 Å². The zero-order valence-corrected chi connectivity index (χ0v) is 17.2. The number of nitro groups is 1. The summed E-state index contributed by atoms with van der Waals surface area (Å²) in [6.07, 6.45) is 2.46. The van der Waals surface area contributed by atoms with E-state index in [1.807, 2.05) is 0 Å². The lowest BCUT2D eigenvalue weighted by molar-refractivity contribution is -0.384. The van der Waals surface area contributed by atoms with Gasteiger partial charge < -0.3 is 14.8 Å². The van der Waals surface area contributed by atoms with Crippen molar-refractivity contribution in [3.63, 3.8) is 0 Å². The molecule has 0 aliphatic rings. The Morgan fingerprint density at radius 3 is 2.63 bits per heavy atom. The molecule has 0 saturated carbocycles. The second-order valence-corrected chi connectivity index (χ2v) is 7.97. The molecule has 160 valence electrons. The van der Waals surface area contributed by atoms with Gasteiger partial charge in [0.1, 0.15) is 30.3 Å². The van der Waals surface area contributed by atoms with E-state index in [-0.39, 0.29) is 23.7 Å². The van der Waals surface area contributed by atoms with E-state index in [0.717, 1.165) is 16.6 Å². The highest BCUT2D eigenvalue weighted by Crippen LogP contribution is 2.33. The predicted octanol–water partition coefficient (Wildman–Crippen LogP) is 2.57. The summed E-state index contributed by atoms with van der Waals surface area (Å²) in [6.45, 7) is 3.22. The third kappa shape index (κ3) is 5.95. The van der Waals surface area contributed by atoms with Crippen molar-refractivity contribution in [2.75, 3.05) is 36.1 Å². The molecule has 1 amide bonds. The number of nitrogens with zero attached hydrogens (tertiary/aromatic N) is 2. The number of anilines is 2. The molecule has 30 heavy (non-hydrogen) atoms. The van der Waals surface area contributed by atoms with Gasteiger partial charge in [0, 0.05) is 23.9 Å². The number of methoxy groups -OCH3 is 1. The van der Waals surface area contributed by atoms with E-state index in [2.05, 4.69) is 11.9 Å². The molecule has 0 heterocycles. The molecule has 0 bridgehead atoms. The van der Waals surface area contributed by atoms with E-state index in [0.29, 0.717) is 11.4 Å². The minimum atomic E-state index is -3.97. The first-order chi connectivity index (χ1) is 14.2. The number of sulfonamides is 1. The highest BCUT2D eigenvalue weighted by Gasteiger charge is 2.26. The van der Waals surface area contributed by atoms with E-state index in [9.17, 15) is 23.3 Å². The zero-order valence-electron chi connectivity index (χ0n) is 16.4. The third-order valence-corrected chi connectivity index (χ3v) is 4.94. The van der Waals surface area contributed by atoms with Gasteiger partial charge in [-0.05, 0) is 18.2 Å². The Kier molecular flexibility index (Phi) is 7.37. The van der Waals surface area contributed by atoms with Gasteiger partial charge in [0.15, 0.2) is 0 Å². The molecule has 0 atom stereocenters. The van der Waals surface area contributed by atoms with Crippen LogP contribution in [-0.4, -0.2) is 45.8 Å². The van der Waals surface area contributed by atoms with Crippen molar-refractivity contribution >= 4 is 33.0 Å². The Balaban J connectivity index is 2.30. The normalized spacial score (nSPS) is 10.7. The quantitative estimate of drug-likeness (QED) is 0.345. The number of benzene rings is 2. The standard InChI is InChI=1S/C19H21N3O7S/c1-4-10-29-16-7-5-6-14(11-16)20-19(23)13-21(30(3,26)27)17-12-15(22(24)25)8-9-18(17)28-2/h4-9,11-12H,1,10,13H2,2-3H3,(H,20,23). The third-order valence-electron chi connectivity index (χ3n) is 3.82. The maximum Gasteiger partial charge on any atom is 0.271 e. The van der Waals surface area contributed by atoms with E-state index in [4.69, 9.17) is 9.47 Å². The molecule has 2 rings (SSSR count). The largest absolute Gasteiger partial charge is 0.495 e.